The summed E-state index contributed by atoms with van der Waals surface area (Å²) < 4.78 is 24.9. The number of aliphatic hydroxyl groups excluding tert-OH is 2. The van der Waals surface area contributed by atoms with Crippen LogP contribution >= 0.6 is 0 Å². The molecular weight excluding hydrogens is 532 g/mol. The van der Waals surface area contributed by atoms with Crippen molar-refractivity contribution in [3.8, 4) is 16.9 Å². The van der Waals surface area contributed by atoms with E-state index in [0.717, 1.165) is 32.7 Å². The maximum atomic E-state index is 13.0. The number of rotatable bonds is 9. The third-order valence-corrected chi connectivity index (χ3v) is 9.33. The first kappa shape index (κ1) is 29.0. The number of hydrogen-bond acceptors (Lipinski definition) is 7. The highest BCUT2D eigenvalue weighted by Gasteiger charge is 2.39. The molecule has 3 aromatic carbocycles. The number of phenolic OH excluding ortho intramolecular Hbond substituents is 1. The lowest BCUT2D eigenvalue weighted by atomic mass is 9.99. The van der Waals surface area contributed by atoms with E-state index in [1.165, 1.54) is 31.3 Å². The van der Waals surface area contributed by atoms with E-state index < -0.39 is 38.4 Å². The van der Waals surface area contributed by atoms with Gasteiger partial charge >= 0.3 is 0 Å². The van der Waals surface area contributed by atoms with Gasteiger partial charge in [-0.15, -0.1) is 0 Å². The summed E-state index contributed by atoms with van der Waals surface area (Å²) >= 11 is 0. The zero-order chi connectivity index (χ0) is 29.2. The molecule has 1 heterocycles. The number of aromatic nitrogens is 1. The van der Waals surface area contributed by atoms with Crippen molar-refractivity contribution in [3.05, 3.63) is 100 Å². The van der Waals surface area contributed by atoms with Crippen molar-refractivity contribution in [2.75, 3.05) is 12.8 Å². The van der Waals surface area contributed by atoms with Gasteiger partial charge in [0.15, 0.2) is 9.84 Å². The maximum Gasteiger partial charge on any atom is 0.255 e. The first-order valence-electron chi connectivity index (χ1n) is 12.7. The molecule has 0 radical (unpaired) electrons. The molecule has 0 bridgehead atoms. The highest BCUT2D eigenvalue weighted by molar-refractivity contribution is 7.92. The number of carbonyl (C=O) groups excluding carboxylic acids is 1. The Morgan fingerprint density at radius 1 is 0.975 bits per heavy atom. The van der Waals surface area contributed by atoms with Crippen LogP contribution in [0.25, 0.3) is 21.9 Å². The first-order chi connectivity index (χ1) is 18.8. The topological polar surface area (TPSA) is 146 Å². The molecule has 3 atom stereocenters. The van der Waals surface area contributed by atoms with E-state index >= 15 is 0 Å². The van der Waals surface area contributed by atoms with Gasteiger partial charge < -0.3 is 20.6 Å². The Hall–Kier alpha value is -3.99. The molecular formula is C30H32N2O7S. The van der Waals surface area contributed by atoms with E-state index in [1.54, 1.807) is 25.1 Å². The number of aliphatic hydroxyl groups is 2. The van der Waals surface area contributed by atoms with E-state index in [1.807, 2.05) is 36.4 Å². The van der Waals surface area contributed by atoms with Gasteiger partial charge in [0.1, 0.15) is 12.0 Å². The van der Waals surface area contributed by atoms with Crippen molar-refractivity contribution in [1.82, 2.24) is 9.88 Å². The van der Waals surface area contributed by atoms with E-state index in [0.29, 0.717) is 5.56 Å². The van der Waals surface area contributed by atoms with Gasteiger partial charge in [0.05, 0.1) is 16.4 Å². The number of nitrogens with one attached hydrogen (secondary N) is 1. The Labute approximate surface area is 232 Å². The number of amides is 1. The van der Waals surface area contributed by atoms with Gasteiger partial charge in [-0.2, -0.15) is 0 Å². The lowest BCUT2D eigenvalue weighted by molar-refractivity contribution is 0.0767. The normalized spacial score (nSPS) is 14.8. The predicted octanol–water partition coefficient (Wildman–Crippen LogP) is 3.54. The second-order valence-electron chi connectivity index (χ2n) is 10.3. The van der Waals surface area contributed by atoms with Crippen LogP contribution in [0.15, 0.2) is 83.8 Å². The van der Waals surface area contributed by atoms with E-state index in [9.17, 15) is 33.3 Å². The summed E-state index contributed by atoms with van der Waals surface area (Å²) in [5.74, 6) is -0.912. The minimum Gasteiger partial charge on any atom is -0.507 e. The van der Waals surface area contributed by atoms with Gasteiger partial charge in [-0.25, -0.2) is 8.42 Å². The van der Waals surface area contributed by atoms with Crippen LogP contribution in [0.2, 0.25) is 0 Å². The van der Waals surface area contributed by atoms with Crippen LogP contribution in [0, 0.1) is 0 Å². The molecule has 0 aliphatic rings. The fourth-order valence-corrected chi connectivity index (χ4v) is 5.27. The number of hydrogen-bond donors (Lipinski definition) is 4. The van der Waals surface area contributed by atoms with E-state index in [-0.39, 0.29) is 24.3 Å². The van der Waals surface area contributed by atoms with Gasteiger partial charge in [-0.3, -0.25) is 14.2 Å². The molecule has 1 aromatic heterocycles. The van der Waals surface area contributed by atoms with Crippen molar-refractivity contribution in [3.63, 3.8) is 0 Å². The Morgan fingerprint density at radius 2 is 1.62 bits per heavy atom. The van der Waals surface area contributed by atoms with Gasteiger partial charge in [0.2, 0.25) is 0 Å². The summed E-state index contributed by atoms with van der Waals surface area (Å²) in [4.78, 5) is 25.5. The molecule has 0 aliphatic heterocycles. The molecule has 0 fully saturated rings. The molecule has 4 N–H and O–H groups in total. The van der Waals surface area contributed by atoms with Crippen molar-refractivity contribution in [1.29, 1.82) is 0 Å². The summed E-state index contributed by atoms with van der Waals surface area (Å²) in [5.41, 5.74) is 1.67. The number of aromatic hydroxyl groups is 1. The summed E-state index contributed by atoms with van der Waals surface area (Å²) in [6.45, 7) is 2.73. The molecule has 1 amide bonds. The number of nitrogens with zero attached hydrogens (tertiary/aromatic N) is 1. The van der Waals surface area contributed by atoms with Crippen LogP contribution < -0.4 is 10.9 Å². The lowest BCUT2D eigenvalue weighted by Gasteiger charge is -2.30. The van der Waals surface area contributed by atoms with Crippen molar-refractivity contribution in [2.24, 2.45) is 0 Å². The minimum atomic E-state index is -3.82. The third kappa shape index (κ3) is 6.09. The minimum absolute atomic E-state index is 0.0113. The smallest absolute Gasteiger partial charge is 0.255 e. The molecule has 9 nitrogen and oxygen atoms in total. The molecule has 210 valence electrons. The fraction of sp³-hybridized carbons (Fsp3) is 0.267. The molecule has 0 spiro atoms. The number of carbonyl (C=O) groups is 1. The van der Waals surface area contributed by atoms with Crippen molar-refractivity contribution in [2.45, 2.75) is 37.3 Å². The largest absolute Gasteiger partial charge is 0.507 e. The number of benzene rings is 3. The van der Waals surface area contributed by atoms with Gasteiger partial charge in [0, 0.05) is 31.5 Å². The first-order valence-corrected chi connectivity index (χ1v) is 14.6. The average molecular weight is 565 g/mol. The van der Waals surface area contributed by atoms with Crippen LogP contribution in [0.4, 0.5) is 0 Å². The third-order valence-electron chi connectivity index (χ3n) is 7.23. The lowest BCUT2D eigenvalue weighted by Crippen LogP contribution is -2.48. The number of fused-ring (bicyclic) bond motifs is 1. The Bertz CT molecular complexity index is 1730. The molecule has 40 heavy (non-hydrogen) atoms. The van der Waals surface area contributed by atoms with Crippen LogP contribution in [0.3, 0.4) is 0 Å². The zero-order valence-corrected chi connectivity index (χ0v) is 23.2. The molecule has 2 unspecified atom stereocenters. The molecule has 0 saturated carbocycles. The Kier molecular flexibility index (Phi) is 8.15. The predicted molar refractivity (Wildman–Crippen MR) is 154 cm³/mol. The maximum absolute atomic E-state index is 13.0. The van der Waals surface area contributed by atoms with Gasteiger partial charge in [0.25, 0.3) is 11.5 Å². The van der Waals surface area contributed by atoms with Gasteiger partial charge in [-0.1, -0.05) is 36.4 Å². The second kappa shape index (κ2) is 11.2. The summed E-state index contributed by atoms with van der Waals surface area (Å²) in [7, 11) is -3.82. The van der Waals surface area contributed by atoms with Crippen LogP contribution in [0.5, 0.6) is 5.75 Å². The van der Waals surface area contributed by atoms with E-state index in [4.69, 9.17) is 0 Å². The number of phenols is 1. The Morgan fingerprint density at radius 3 is 2.27 bits per heavy atom. The SMILES string of the molecule is C[C@H](O)c1ccc2cc(-c3ccn(C(O)CC(C)(CNC(=O)c4ccccc4O)S(C)(=O)=O)c(=O)c3)ccc2c1. The second-order valence-corrected chi connectivity index (χ2v) is 12.8. The van der Waals surface area contributed by atoms with Crippen LogP contribution in [-0.4, -0.2) is 51.8 Å². The molecule has 4 aromatic rings. The molecule has 0 saturated heterocycles. The van der Waals surface area contributed by atoms with Crippen LogP contribution in [-0.2, 0) is 9.84 Å². The number of para-hydroxylation sites is 1. The molecule has 4 rings (SSSR count). The van der Waals surface area contributed by atoms with Crippen molar-refractivity contribution < 1.29 is 28.5 Å². The summed E-state index contributed by atoms with van der Waals surface area (Å²) in [5, 5.41) is 35.1. The number of sulfone groups is 1. The quantitative estimate of drug-likeness (QED) is 0.243. The average Bonchev–Trinajstić information content (AvgIpc) is 2.90. The number of pyridine rings is 1. The van der Waals surface area contributed by atoms with Gasteiger partial charge in [-0.05, 0) is 71.6 Å². The highest BCUT2D eigenvalue weighted by Crippen LogP contribution is 2.29. The summed E-state index contributed by atoms with van der Waals surface area (Å²) in [6, 6.07) is 20.2. The zero-order valence-electron chi connectivity index (χ0n) is 22.4. The Balaban J connectivity index is 1.54. The fourth-order valence-electron chi connectivity index (χ4n) is 4.49. The standard InChI is InChI=1S/C30H32N2O7S/c1-19(33)20-8-9-22-15-23(11-10-21(22)14-20)24-12-13-32(27(35)16-24)28(36)17-30(2,40(3,38)39)18-31-29(37)25-6-4-5-7-26(25)34/h4-16,19,28,33-34,36H,17-18H2,1-3H3,(H,31,37)/t19-,28?,30?/m0/s1. The summed E-state index contributed by atoms with van der Waals surface area (Å²) in [6.07, 6.45) is -0.0261. The molecule has 0 aliphatic carbocycles. The highest BCUT2D eigenvalue weighted by atomic mass is 32.2. The van der Waals surface area contributed by atoms with Crippen molar-refractivity contribution >= 4 is 26.5 Å². The van der Waals surface area contributed by atoms with Crippen LogP contribution in [0.1, 0.15) is 48.5 Å². The monoisotopic (exact) mass is 564 g/mol. The van der Waals surface area contributed by atoms with E-state index in [2.05, 4.69) is 5.32 Å². The molecule has 10 heteroatoms.